The Bertz CT molecular complexity index is 590. The lowest BCUT2D eigenvalue weighted by molar-refractivity contribution is -0.147. The molecular formula is C20H30N2O3. The summed E-state index contributed by atoms with van der Waals surface area (Å²) in [6, 6.07) is 8.30. The molecule has 1 aliphatic heterocycles. The largest absolute Gasteiger partial charge is 0.497 e. The first-order chi connectivity index (χ1) is 12.1. The van der Waals surface area contributed by atoms with Crippen molar-refractivity contribution in [2.75, 3.05) is 33.9 Å². The van der Waals surface area contributed by atoms with Crippen molar-refractivity contribution < 1.29 is 14.3 Å². The number of piperidine rings is 1. The molecule has 0 unspecified atom stereocenters. The van der Waals surface area contributed by atoms with Crippen LogP contribution in [-0.4, -0.2) is 45.4 Å². The average molecular weight is 346 g/mol. The van der Waals surface area contributed by atoms with E-state index in [9.17, 15) is 4.79 Å². The highest BCUT2D eigenvalue weighted by Gasteiger charge is 2.42. The lowest BCUT2D eigenvalue weighted by Crippen LogP contribution is -2.55. The van der Waals surface area contributed by atoms with Crippen molar-refractivity contribution in [1.82, 2.24) is 10.6 Å². The van der Waals surface area contributed by atoms with Crippen LogP contribution < -0.4 is 15.4 Å². The van der Waals surface area contributed by atoms with Crippen LogP contribution in [0.2, 0.25) is 0 Å². The molecule has 1 heterocycles. The summed E-state index contributed by atoms with van der Waals surface area (Å²) < 4.78 is 11.1. The molecule has 138 valence electrons. The summed E-state index contributed by atoms with van der Waals surface area (Å²) in [6.07, 6.45) is 6.05. The zero-order chi connectivity index (χ0) is 17.8. The molecule has 5 heteroatoms. The van der Waals surface area contributed by atoms with Gasteiger partial charge in [0.25, 0.3) is 5.91 Å². The van der Waals surface area contributed by atoms with E-state index in [1.807, 2.05) is 12.1 Å². The van der Waals surface area contributed by atoms with E-state index in [0.29, 0.717) is 6.54 Å². The first-order valence-electron chi connectivity index (χ1n) is 9.33. The monoisotopic (exact) mass is 346 g/mol. The summed E-state index contributed by atoms with van der Waals surface area (Å²) in [7, 11) is 3.35. The highest BCUT2D eigenvalue weighted by molar-refractivity contribution is 5.85. The molecule has 0 atom stereocenters. The van der Waals surface area contributed by atoms with E-state index < -0.39 is 5.60 Å². The van der Waals surface area contributed by atoms with Gasteiger partial charge in [-0.1, -0.05) is 25.0 Å². The molecule has 5 nitrogen and oxygen atoms in total. The maximum atomic E-state index is 12.9. The summed E-state index contributed by atoms with van der Waals surface area (Å²) in [6.45, 7) is 2.31. The van der Waals surface area contributed by atoms with Crippen LogP contribution in [0.25, 0.3) is 0 Å². The van der Waals surface area contributed by atoms with Gasteiger partial charge in [0.05, 0.1) is 7.11 Å². The van der Waals surface area contributed by atoms with Gasteiger partial charge in [0.2, 0.25) is 0 Å². The van der Waals surface area contributed by atoms with Gasteiger partial charge in [-0.15, -0.1) is 0 Å². The maximum Gasteiger partial charge on any atom is 0.252 e. The molecule has 2 N–H and O–H groups in total. The van der Waals surface area contributed by atoms with E-state index in [2.05, 4.69) is 22.8 Å². The Morgan fingerprint density at radius 1 is 1.16 bits per heavy atom. The number of benzene rings is 1. The molecule has 0 spiro atoms. The van der Waals surface area contributed by atoms with Crippen LogP contribution in [0.4, 0.5) is 0 Å². The number of methoxy groups -OCH3 is 2. The van der Waals surface area contributed by atoms with Crippen molar-refractivity contribution in [3.63, 3.8) is 0 Å². The fraction of sp³-hybridized carbons (Fsp3) is 0.650. The Labute approximate surface area is 150 Å². The van der Waals surface area contributed by atoms with Crippen LogP contribution in [0.3, 0.4) is 0 Å². The minimum Gasteiger partial charge on any atom is -0.497 e. The highest BCUT2D eigenvalue weighted by atomic mass is 16.5. The summed E-state index contributed by atoms with van der Waals surface area (Å²) in [5.74, 6) is 0.910. The molecule has 1 aromatic carbocycles. The molecule has 0 radical (unpaired) electrons. The van der Waals surface area contributed by atoms with Crippen LogP contribution in [-0.2, 0) is 14.9 Å². The third-order valence-electron chi connectivity index (χ3n) is 6.05. The molecule has 1 saturated carbocycles. The third kappa shape index (κ3) is 3.67. The van der Waals surface area contributed by atoms with E-state index >= 15 is 0 Å². The SMILES string of the molecule is COc1cccc(C2(CNC(=O)C3(OC)CCNCC3)CCCC2)c1. The predicted molar refractivity (Wildman–Crippen MR) is 98.0 cm³/mol. The van der Waals surface area contributed by atoms with Gasteiger partial charge in [-0.25, -0.2) is 0 Å². The normalized spacial score (nSPS) is 21.7. The molecule has 0 aromatic heterocycles. The Morgan fingerprint density at radius 3 is 2.52 bits per heavy atom. The smallest absolute Gasteiger partial charge is 0.252 e. The Morgan fingerprint density at radius 2 is 1.88 bits per heavy atom. The van der Waals surface area contributed by atoms with E-state index in [-0.39, 0.29) is 11.3 Å². The van der Waals surface area contributed by atoms with E-state index in [1.54, 1.807) is 14.2 Å². The topological polar surface area (TPSA) is 59.6 Å². The lowest BCUT2D eigenvalue weighted by Gasteiger charge is -2.37. The number of hydrogen-bond donors (Lipinski definition) is 2. The van der Waals surface area contributed by atoms with Gasteiger partial charge in [0.1, 0.15) is 11.4 Å². The molecule has 25 heavy (non-hydrogen) atoms. The van der Waals surface area contributed by atoms with Crippen molar-refractivity contribution >= 4 is 5.91 Å². The van der Waals surface area contributed by atoms with Gasteiger partial charge in [0.15, 0.2) is 0 Å². The zero-order valence-corrected chi connectivity index (χ0v) is 15.4. The molecular weight excluding hydrogens is 316 g/mol. The van der Waals surface area contributed by atoms with Crippen LogP contribution >= 0.6 is 0 Å². The average Bonchev–Trinajstić information content (AvgIpc) is 3.17. The number of nitrogens with one attached hydrogen (secondary N) is 2. The zero-order valence-electron chi connectivity index (χ0n) is 15.4. The minimum absolute atomic E-state index is 0.00600. The van der Waals surface area contributed by atoms with Gasteiger partial charge >= 0.3 is 0 Å². The number of hydrogen-bond acceptors (Lipinski definition) is 4. The fourth-order valence-electron chi connectivity index (χ4n) is 4.34. The number of rotatable bonds is 6. The van der Waals surface area contributed by atoms with Crippen LogP contribution in [0.15, 0.2) is 24.3 Å². The van der Waals surface area contributed by atoms with E-state index in [4.69, 9.17) is 9.47 Å². The van der Waals surface area contributed by atoms with Crippen molar-refractivity contribution in [2.24, 2.45) is 0 Å². The molecule has 1 aliphatic carbocycles. The van der Waals surface area contributed by atoms with Crippen LogP contribution in [0.5, 0.6) is 5.75 Å². The lowest BCUT2D eigenvalue weighted by atomic mass is 9.78. The van der Waals surface area contributed by atoms with E-state index in [0.717, 1.165) is 44.5 Å². The summed E-state index contributed by atoms with van der Waals surface area (Å²) >= 11 is 0. The molecule has 1 saturated heterocycles. The van der Waals surface area contributed by atoms with Crippen molar-refractivity contribution in [3.05, 3.63) is 29.8 Å². The molecule has 3 rings (SSSR count). The number of amides is 1. The highest BCUT2D eigenvalue weighted by Crippen LogP contribution is 2.41. The standard InChI is InChI=1S/C20H30N2O3/c1-24-17-7-5-6-16(14-17)19(8-3-4-9-19)15-22-18(23)20(25-2)10-12-21-13-11-20/h5-7,14,21H,3-4,8-13,15H2,1-2H3,(H,22,23). The van der Waals surface area contributed by atoms with E-state index in [1.165, 1.54) is 18.4 Å². The first-order valence-corrected chi connectivity index (χ1v) is 9.33. The van der Waals surface area contributed by atoms with Crippen molar-refractivity contribution in [1.29, 1.82) is 0 Å². The number of carbonyl (C=O) groups excluding carboxylic acids is 1. The van der Waals surface area contributed by atoms with Gasteiger partial charge in [-0.3, -0.25) is 4.79 Å². The predicted octanol–water partition coefficient (Wildman–Crippen LogP) is 2.39. The third-order valence-corrected chi connectivity index (χ3v) is 6.05. The molecule has 2 fully saturated rings. The molecule has 0 bridgehead atoms. The van der Waals surface area contributed by atoms with Crippen molar-refractivity contribution in [2.45, 2.75) is 49.5 Å². The summed E-state index contributed by atoms with van der Waals surface area (Å²) in [5.41, 5.74) is 0.590. The fourth-order valence-corrected chi connectivity index (χ4v) is 4.34. The Hall–Kier alpha value is -1.59. The van der Waals surface area contributed by atoms with Crippen molar-refractivity contribution in [3.8, 4) is 5.75 Å². The minimum atomic E-state index is -0.681. The molecule has 1 aromatic rings. The first kappa shape index (κ1) is 18.2. The molecule has 2 aliphatic rings. The quantitative estimate of drug-likeness (QED) is 0.830. The second kappa shape index (κ2) is 7.75. The Kier molecular flexibility index (Phi) is 5.64. The molecule has 1 amide bonds. The van der Waals surface area contributed by atoms with Gasteiger partial charge in [0, 0.05) is 19.1 Å². The number of carbonyl (C=O) groups is 1. The second-order valence-corrected chi connectivity index (χ2v) is 7.35. The summed E-state index contributed by atoms with van der Waals surface area (Å²) in [5, 5.41) is 6.53. The van der Waals surface area contributed by atoms with Gasteiger partial charge in [-0.05, 0) is 56.5 Å². The summed E-state index contributed by atoms with van der Waals surface area (Å²) in [4.78, 5) is 12.9. The Balaban J connectivity index is 1.74. The van der Waals surface area contributed by atoms with Gasteiger partial charge in [-0.2, -0.15) is 0 Å². The van der Waals surface area contributed by atoms with Crippen LogP contribution in [0.1, 0.15) is 44.1 Å². The maximum absolute atomic E-state index is 12.9. The second-order valence-electron chi connectivity index (χ2n) is 7.35. The number of ether oxygens (including phenoxy) is 2. The van der Waals surface area contributed by atoms with Gasteiger partial charge < -0.3 is 20.1 Å². The van der Waals surface area contributed by atoms with Crippen LogP contribution in [0, 0.1) is 0 Å².